The van der Waals surface area contributed by atoms with Crippen LogP contribution in [0.5, 0.6) is 5.88 Å². The number of hydrogen-bond donors (Lipinski definition) is 2. The minimum atomic E-state index is -0.149. The van der Waals surface area contributed by atoms with Crippen LogP contribution in [0.25, 0.3) is 0 Å². The van der Waals surface area contributed by atoms with Crippen LogP contribution in [0.1, 0.15) is 33.0 Å². The molecular weight excluding hydrogens is 216 g/mol. The molecule has 1 rings (SSSR count). The second kappa shape index (κ2) is 5.82. The summed E-state index contributed by atoms with van der Waals surface area (Å²) < 4.78 is 5.39. The average Bonchev–Trinajstić information content (AvgIpc) is 2.28. The number of aromatic nitrogens is 2. The molecule has 0 aliphatic heterocycles. The van der Waals surface area contributed by atoms with Gasteiger partial charge in [0.25, 0.3) is 0 Å². The number of nitrogens with zero attached hydrogens (tertiary/aromatic N) is 2. The van der Waals surface area contributed by atoms with E-state index in [9.17, 15) is 0 Å². The van der Waals surface area contributed by atoms with Gasteiger partial charge in [0.1, 0.15) is 11.6 Å². The Morgan fingerprint density at radius 1 is 1.41 bits per heavy atom. The molecule has 0 saturated heterocycles. The first-order valence-electron chi connectivity index (χ1n) is 5.99. The summed E-state index contributed by atoms with van der Waals surface area (Å²) in [5, 5.41) is 3.34. The van der Waals surface area contributed by atoms with Crippen molar-refractivity contribution < 1.29 is 4.74 Å². The van der Waals surface area contributed by atoms with Gasteiger partial charge in [-0.15, -0.1) is 0 Å². The summed E-state index contributed by atoms with van der Waals surface area (Å²) in [4.78, 5) is 8.54. The summed E-state index contributed by atoms with van der Waals surface area (Å²) >= 11 is 0. The SMILES string of the molecule is CCOc1cc(NC(C)(CC)CN)nc(C)n1. The molecule has 0 saturated carbocycles. The van der Waals surface area contributed by atoms with Crippen LogP contribution < -0.4 is 15.8 Å². The number of ether oxygens (including phenoxy) is 1. The zero-order valence-corrected chi connectivity index (χ0v) is 11.1. The Balaban J connectivity index is 2.90. The Hall–Kier alpha value is -1.36. The van der Waals surface area contributed by atoms with Crippen molar-refractivity contribution in [2.24, 2.45) is 5.73 Å². The summed E-state index contributed by atoms with van der Waals surface area (Å²) in [5.74, 6) is 2.04. The van der Waals surface area contributed by atoms with Gasteiger partial charge in [0, 0.05) is 18.2 Å². The van der Waals surface area contributed by atoms with Crippen molar-refractivity contribution in [3.8, 4) is 5.88 Å². The van der Waals surface area contributed by atoms with Crippen molar-refractivity contribution in [1.82, 2.24) is 9.97 Å². The lowest BCUT2D eigenvalue weighted by Crippen LogP contribution is -2.42. The quantitative estimate of drug-likeness (QED) is 0.789. The lowest BCUT2D eigenvalue weighted by molar-refractivity contribution is 0.325. The maximum atomic E-state index is 5.76. The number of anilines is 1. The van der Waals surface area contributed by atoms with E-state index in [0.717, 1.165) is 12.2 Å². The van der Waals surface area contributed by atoms with E-state index in [4.69, 9.17) is 10.5 Å². The van der Waals surface area contributed by atoms with Gasteiger partial charge in [0.15, 0.2) is 0 Å². The second-order valence-corrected chi connectivity index (χ2v) is 4.31. The highest BCUT2D eigenvalue weighted by Crippen LogP contribution is 2.19. The molecule has 5 heteroatoms. The predicted octanol–water partition coefficient (Wildman–Crippen LogP) is 1.72. The van der Waals surface area contributed by atoms with Crippen molar-refractivity contribution in [2.45, 2.75) is 39.7 Å². The molecule has 1 unspecified atom stereocenters. The molecule has 1 atom stereocenters. The van der Waals surface area contributed by atoms with E-state index >= 15 is 0 Å². The maximum Gasteiger partial charge on any atom is 0.218 e. The monoisotopic (exact) mass is 238 g/mol. The summed E-state index contributed by atoms with van der Waals surface area (Å²) in [6, 6.07) is 1.81. The van der Waals surface area contributed by atoms with Gasteiger partial charge in [0.05, 0.1) is 6.61 Å². The van der Waals surface area contributed by atoms with Crippen LogP contribution in [0.2, 0.25) is 0 Å². The fraction of sp³-hybridized carbons (Fsp3) is 0.667. The third-order valence-corrected chi connectivity index (χ3v) is 2.77. The van der Waals surface area contributed by atoms with Gasteiger partial charge < -0.3 is 15.8 Å². The summed E-state index contributed by atoms with van der Waals surface area (Å²) in [6.07, 6.45) is 0.927. The Morgan fingerprint density at radius 2 is 2.12 bits per heavy atom. The highest BCUT2D eigenvalue weighted by molar-refractivity contribution is 5.41. The van der Waals surface area contributed by atoms with Crippen molar-refractivity contribution in [3.05, 3.63) is 11.9 Å². The van der Waals surface area contributed by atoms with E-state index in [2.05, 4.69) is 29.1 Å². The van der Waals surface area contributed by atoms with E-state index in [-0.39, 0.29) is 5.54 Å². The molecule has 0 aromatic carbocycles. The van der Waals surface area contributed by atoms with Gasteiger partial charge in [-0.25, -0.2) is 4.98 Å². The first kappa shape index (κ1) is 13.7. The molecule has 0 bridgehead atoms. The Kier molecular flexibility index (Phi) is 4.69. The smallest absolute Gasteiger partial charge is 0.218 e. The molecule has 0 aliphatic carbocycles. The molecule has 0 aliphatic rings. The van der Waals surface area contributed by atoms with E-state index in [1.807, 2.05) is 13.8 Å². The molecule has 96 valence electrons. The van der Waals surface area contributed by atoms with Gasteiger partial charge in [-0.1, -0.05) is 6.92 Å². The number of nitrogens with two attached hydrogens (primary N) is 1. The van der Waals surface area contributed by atoms with Crippen molar-refractivity contribution in [2.75, 3.05) is 18.5 Å². The number of hydrogen-bond acceptors (Lipinski definition) is 5. The van der Waals surface area contributed by atoms with Crippen LogP contribution in [-0.4, -0.2) is 28.7 Å². The molecule has 1 aromatic rings. The summed E-state index contributed by atoms with van der Waals surface area (Å²) in [6.45, 7) is 9.09. The lowest BCUT2D eigenvalue weighted by Gasteiger charge is -2.28. The first-order chi connectivity index (χ1) is 8.03. The van der Waals surface area contributed by atoms with Crippen LogP contribution in [-0.2, 0) is 0 Å². The fourth-order valence-corrected chi connectivity index (χ4v) is 1.42. The van der Waals surface area contributed by atoms with Gasteiger partial charge in [-0.2, -0.15) is 4.98 Å². The average molecular weight is 238 g/mol. The fourth-order valence-electron chi connectivity index (χ4n) is 1.42. The zero-order chi connectivity index (χ0) is 12.9. The van der Waals surface area contributed by atoms with Crippen LogP contribution in [0, 0.1) is 6.92 Å². The molecule has 0 spiro atoms. The van der Waals surface area contributed by atoms with E-state index in [0.29, 0.717) is 24.9 Å². The van der Waals surface area contributed by atoms with Crippen molar-refractivity contribution >= 4 is 5.82 Å². The highest BCUT2D eigenvalue weighted by atomic mass is 16.5. The van der Waals surface area contributed by atoms with E-state index in [1.165, 1.54) is 0 Å². The molecule has 0 radical (unpaired) electrons. The molecule has 1 aromatic heterocycles. The normalized spacial score (nSPS) is 14.2. The third-order valence-electron chi connectivity index (χ3n) is 2.77. The van der Waals surface area contributed by atoms with Gasteiger partial charge in [-0.05, 0) is 27.2 Å². The Morgan fingerprint density at radius 3 is 2.65 bits per heavy atom. The number of nitrogens with one attached hydrogen (secondary N) is 1. The van der Waals surface area contributed by atoms with Gasteiger partial charge >= 0.3 is 0 Å². The minimum absolute atomic E-state index is 0.149. The summed E-state index contributed by atoms with van der Waals surface area (Å²) in [7, 11) is 0. The number of rotatable bonds is 6. The largest absolute Gasteiger partial charge is 0.478 e. The predicted molar refractivity (Wildman–Crippen MR) is 69.3 cm³/mol. The first-order valence-corrected chi connectivity index (χ1v) is 5.99. The highest BCUT2D eigenvalue weighted by Gasteiger charge is 2.20. The van der Waals surface area contributed by atoms with Crippen molar-refractivity contribution in [3.63, 3.8) is 0 Å². The van der Waals surface area contributed by atoms with Crippen LogP contribution >= 0.6 is 0 Å². The molecule has 3 N–H and O–H groups in total. The lowest BCUT2D eigenvalue weighted by atomic mass is 9.99. The second-order valence-electron chi connectivity index (χ2n) is 4.31. The van der Waals surface area contributed by atoms with Crippen molar-refractivity contribution in [1.29, 1.82) is 0 Å². The topological polar surface area (TPSA) is 73.1 Å². The Labute approximate surface area is 103 Å². The molecule has 5 nitrogen and oxygen atoms in total. The molecule has 0 amide bonds. The maximum absolute atomic E-state index is 5.76. The standard InChI is InChI=1S/C12H22N4O/c1-5-12(4,8-13)16-10-7-11(17-6-2)15-9(3)14-10/h7H,5-6,8,13H2,1-4H3,(H,14,15,16). The summed E-state index contributed by atoms with van der Waals surface area (Å²) in [5.41, 5.74) is 5.61. The van der Waals surface area contributed by atoms with Crippen LogP contribution in [0.15, 0.2) is 6.07 Å². The van der Waals surface area contributed by atoms with Gasteiger partial charge in [-0.3, -0.25) is 0 Å². The number of aryl methyl sites for hydroxylation is 1. The van der Waals surface area contributed by atoms with E-state index < -0.39 is 0 Å². The molecule has 0 fully saturated rings. The Bertz CT molecular complexity index is 364. The zero-order valence-electron chi connectivity index (χ0n) is 11.1. The third kappa shape index (κ3) is 3.85. The van der Waals surface area contributed by atoms with Crippen LogP contribution in [0.4, 0.5) is 5.82 Å². The molecular formula is C12H22N4O. The van der Waals surface area contributed by atoms with Crippen LogP contribution in [0.3, 0.4) is 0 Å². The van der Waals surface area contributed by atoms with E-state index in [1.54, 1.807) is 6.07 Å². The minimum Gasteiger partial charge on any atom is -0.478 e. The van der Waals surface area contributed by atoms with Gasteiger partial charge in [0.2, 0.25) is 5.88 Å². The molecule has 1 heterocycles. The molecule has 17 heavy (non-hydrogen) atoms.